The van der Waals surface area contributed by atoms with E-state index in [4.69, 9.17) is 9.29 Å². The summed E-state index contributed by atoms with van der Waals surface area (Å²) < 4.78 is 38.0. The number of unbranched alkanes of at least 4 members (excludes halogenated alkanes) is 8. The minimum atomic E-state index is -4.32. The molecule has 0 saturated carbocycles. The molecule has 0 unspecified atom stereocenters. The summed E-state index contributed by atoms with van der Waals surface area (Å²) in [6, 6.07) is 0. The molecule has 0 aliphatic carbocycles. The van der Waals surface area contributed by atoms with Crippen molar-refractivity contribution >= 4 is 10.4 Å². The van der Waals surface area contributed by atoms with Crippen LogP contribution in [0.4, 0.5) is 0 Å². The average molecular weight is 319 g/mol. The van der Waals surface area contributed by atoms with Crippen LogP contribution in [0, 0.1) is 0 Å². The van der Waals surface area contributed by atoms with Crippen molar-refractivity contribution in [3.8, 4) is 0 Å². The van der Waals surface area contributed by atoms with Gasteiger partial charge in [-0.3, -0.25) is 4.55 Å². The first kappa shape index (κ1) is 23.1. The third-order valence-electron chi connectivity index (χ3n) is 2.85. The molecule has 0 amide bonds. The molecule has 5 nitrogen and oxygen atoms in total. The zero-order chi connectivity index (χ0) is 14.4. The predicted octanol–water partition coefficient (Wildman–Crippen LogP) is 0.357. The van der Waals surface area contributed by atoms with Crippen molar-refractivity contribution in [2.75, 3.05) is 19.8 Å². The molecule has 0 bridgehead atoms. The van der Waals surface area contributed by atoms with Crippen LogP contribution in [-0.2, 0) is 19.3 Å². The minimum absolute atomic E-state index is 0. The molecule has 0 aliphatic rings. The fraction of sp³-hybridized carbons (Fsp3) is 1.00. The molecule has 0 radical (unpaired) electrons. The fourth-order valence-electron chi connectivity index (χ4n) is 1.82. The van der Waals surface area contributed by atoms with E-state index in [0.717, 1.165) is 12.8 Å². The number of rotatable bonds is 14. The zero-order valence-corrected chi connectivity index (χ0v) is 15.8. The molecule has 0 atom stereocenters. The van der Waals surface area contributed by atoms with Crippen molar-refractivity contribution in [2.45, 2.75) is 64.7 Å². The van der Waals surface area contributed by atoms with Crippen molar-refractivity contribution in [1.82, 2.24) is 0 Å². The van der Waals surface area contributed by atoms with Gasteiger partial charge in [-0.25, -0.2) is 4.18 Å². The first-order valence-corrected chi connectivity index (χ1v) is 8.62. The SMILES string of the molecule is CCCCCCCCCCCOCCOS(=O)(=O)O.[Na+]. The summed E-state index contributed by atoms with van der Waals surface area (Å²) in [6.07, 6.45) is 11.3. The second kappa shape index (κ2) is 16.2. The molecule has 0 fully saturated rings. The first-order valence-electron chi connectivity index (χ1n) is 7.26. The van der Waals surface area contributed by atoms with Crippen LogP contribution in [0.2, 0.25) is 0 Å². The standard InChI is InChI=1S/C13H28O5S.Na/c1-2-3-4-5-6-7-8-9-10-11-17-12-13-18-19(14,15)16;/h2-13H2,1H3,(H,14,15,16);/q;+1. The van der Waals surface area contributed by atoms with Crippen molar-refractivity contribution in [1.29, 1.82) is 0 Å². The van der Waals surface area contributed by atoms with Gasteiger partial charge in [0, 0.05) is 6.61 Å². The van der Waals surface area contributed by atoms with E-state index in [1.165, 1.54) is 44.9 Å². The number of hydrogen-bond donors (Lipinski definition) is 1. The van der Waals surface area contributed by atoms with Crippen LogP contribution >= 0.6 is 0 Å². The second-order valence-corrected chi connectivity index (χ2v) is 5.78. The van der Waals surface area contributed by atoms with Gasteiger partial charge in [-0.1, -0.05) is 58.3 Å². The molecular weight excluding hydrogens is 291 g/mol. The van der Waals surface area contributed by atoms with Crippen LogP contribution in [0.25, 0.3) is 0 Å². The van der Waals surface area contributed by atoms with Crippen molar-refractivity contribution in [3.05, 3.63) is 0 Å². The van der Waals surface area contributed by atoms with Gasteiger partial charge in [0.1, 0.15) is 0 Å². The van der Waals surface area contributed by atoms with E-state index < -0.39 is 10.4 Å². The third-order valence-corrected chi connectivity index (χ3v) is 3.32. The van der Waals surface area contributed by atoms with E-state index in [9.17, 15) is 8.42 Å². The molecule has 116 valence electrons. The van der Waals surface area contributed by atoms with Gasteiger partial charge >= 0.3 is 40.0 Å². The molecule has 0 aliphatic heterocycles. The normalized spacial score (nSPS) is 11.3. The van der Waals surface area contributed by atoms with Crippen molar-refractivity contribution in [2.24, 2.45) is 0 Å². The van der Waals surface area contributed by atoms with Crippen LogP contribution in [0.15, 0.2) is 0 Å². The maximum Gasteiger partial charge on any atom is 1.00 e. The first-order chi connectivity index (χ1) is 9.06. The van der Waals surface area contributed by atoms with Gasteiger partial charge in [-0.2, -0.15) is 8.42 Å². The van der Waals surface area contributed by atoms with Crippen molar-refractivity contribution in [3.63, 3.8) is 0 Å². The van der Waals surface area contributed by atoms with E-state index in [0.29, 0.717) is 6.61 Å². The topological polar surface area (TPSA) is 72.8 Å². The Balaban J connectivity index is 0. The summed E-state index contributed by atoms with van der Waals surface area (Å²) in [5.41, 5.74) is 0. The quantitative estimate of drug-likeness (QED) is 0.284. The monoisotopic (exact) mass is 319 g/mol. The van der Waals surface area contributed by atoms with E-state index in [-0.39, 0.29) is 42.8 Å². The number of ether oxygens (including phenoxy) is 1. The molecule has 0 aromatic carbocycles. The Morgan fingerprint density at radius 1 is 0.800 bits per heavy atom. The Labute approximate surface area is 146 Å². The van der Waals surface area contributed by atoms with Crippen LogP contribution in [0.5, 0.6) is 0 Å². The average Bonchev–Trinajstić information content (AvgIpc) is 2.34. The predicted molar refractivity (Wildman–Crippen MR) is 75.5 cm³/mol. The largest absolute Gasteiger partial charge is 1.00 e. The van der Waals surface area contributed by atoms with Gasteiger partial charge in [0.25, 0.3) is 0 Å². The van der Waals surface area contributed by atoms with Gasteiger partial charge in [0.15, 0.2) is 0 Å². The molecule has 20 heavy (non-hydrogen) atoms. The maximum atomic E-state index is 10.2. The molecular formula is C13H28NaO5S+. The Bertz CT molecular complexity index is 282. The Kier molecular flexibility index (Phi) is 18.7. The van der Waals surface area contributed by atoms with Gasteiger partial charge < -0.3 is 4.74 Å². The summed E-state index contributed by atoms with van der Waals surface area (Å²) in [5, 5.41) is 0. The third kappa shape index (κ3) is 21.1. The maximum absolute atomic E-state index is 10.2. The minimum Gasteiger partial charge on any atom is -0.379 e. The van der Waals surface area contributed by atoms with Gasteiger partial charge in [-0.15, -0.1) is 0 Å². The summed E-state index contributed by atoms with van der Waals surface area (Å²) in [4.78, 5) is 0. The Hall–Kier alpha value is 0.830. The molecule has 0 heterocycles. The van der Waals surface area contributed by atoms with E-state index >= 15 is 0 Å². The zero-order valence-electron chi connectivity index (χ0n) is 13.0. The molecule has 0 saturated heterocycles. The van der Waals surface area contributed by atoms with Crippen molar-refractivity contribution < 1.29 is 51.4 Å². The fourth-order valence-corrected chi connectivity index (χ4v) is 2.09. The summed E-state index contributed by atoms with van der Waals surface area (Å²) in [7, 11) is -4.32. The van der Waals surface area contributed by atoms with Gasteiger partial charge in [0.05, 0.1) is 13.2 Å². The molecule has 0 aromatic heterocycles. The van der Waals surface area contributed by atoms with E-state index in [1.807, 2.05) is 0 Å². The molecule has 0 aromatic rings. The second-order valence-electron chi connectivity index (χ2n) is 4.69. The molecule has 0 rings (SSSR count). The van der Waals surface area contributed by atoms with Gasteiger partial charge in [-0.05, 0) is 6.42 Å². The molecule has 1 N–H and O–H groups in total. The van der Waals surface area contributed by atoms with Crippen LogP contribution < -0.4 is 29.6 Å². The van der Waals surface area contributed by atoms with Crippen LogP contribution in [-0.4, -0.2) is 32.8 Å². The summed E-state index contributed by atoms with van der Waals surface area (Å²) in [5.74, 6) is 0. The number of hydrogen-bond acceptors (Lipinski definition) is 4. The Morgan fingerprint density at radius 2 is 1.30 bits per heavy atom. The van der Waals surface area contributed by atoms with E-state index in [1.54, 1.807) is 0 Å². The molecule has 0 spiro atoms. The summed E-state index contributed by atoms with van der Waals surface area (Å²) in [6.45, 7) is 2.90. The van der Waals surface area contributed by atoms with Crippen LogP contribution in [0.1, 0.15) is 64.7 Å². The molecule has 7 heteroatoms. The van der Waals surface area contributed by atoms with E-state index in [2.05, 4.69) is 11.1 Å². The van der Waals surface area contributed by atoms with Gasteiger partial charge in [0.2, 0.25) is 0 Å². The van der Waals surface area contributed by atoms with Crippen LogP contribution in [0.3, 0.4) is 0 Å². The smallest absolute Gasteiger partial charge is 0.379 e. The summed E-state index contributed by atoms with van der Waals surface area (Å²) >= 11 is 0. The Morgan fingerprint density at radius 3 is 1.80 bits per heavy atom.